The first-order valence-corrected chi connectivity index (χ1v) is 6.85. The average molecular weight is 283 g/mol. The summed E-state index contributed by atoms with van der Waals surface area (Å²) in [6.45, 7) is 5.11. The Balaban J connectivity index is 2.16. The molecule has 0 aromatic carbocycles. The van der Waals surface area contributed by atoms with Crippen LogP contribution in [0.25, 0.3) is 0 Å². The zero-order valence-electron chi connectivity index (χ0n) is 11.1. The maximum Gasteiger partial charge on any atom is 0.219 e. The second kappa shape index (κ2) is 6.21. The molecule has 0 saturated carbocycles. The minimum atomic E-state index is 0.122. The lowest BCUT2D eigenvalue weighted by atomic mass is 10.2. The van der Waals surface area contributed by atoms with E-state index >= 15 is 0 Å². The maximum absolute atomic E-state index is 11.4. The number of rotatable bonds is 2. The molecule has 0 bridgehead atoms. The number of carbonyl (C=O) groups excluding carboxylic acids is 1. The predicted octanol–water partition coefficient (Wildman–Crippen LogP) is 1.25. The third-order valence-corrected chi connectivity index (χ3v) is 3.82. The Morgan fingerprint density at radius 3 is 2.89 bits per heavy atom. The number of anilines is 1. The third-order valence-electron chi connectivity index (χ3n) is 3.41. The van der Waals surface area contributed by atoms with E-state index in [2.05, 4.69) is 9.88 Å². The van der Waals surface area contributed by atoms with Gasteiger partial charge in [0.1, 0.15) is 5.82 Å². The largest absolute Gasteiger partial charge is 0.354 e. The van der Waals surface area contributed by atoms with Gasteiger partial charge in [-0.05, 0) is 18.1 Å². The van der Waals surface area contributed by atoms with Crippen LogP contribution in [0.5, 0.6) is 0 Å². The normalized spacial score (nSPS) is 16.4. The van der Waals surface area contributed by atoms with Gasteiger partial charge in [-0.15, -0.1) is 0 Å². The molecule has 6 heteroatoms. The Morgan fingerprint density at radius 2 is 2.21 bits per heavy atom. The molecule has 0 unspecified atom stereocenters. The highest BCUT2D eigenvalue weighted by molar-refractivity contribution is 6.33. The van der Waals surface area contributed by atoms with Crippen LogP contribution in [0.3, 0.4) is 0 Å². The summed E-state index contributed by atoms with van der Waals surface area (Å²) in [5.41, 5.74) is 6.56. The van der Waals surface area contributed by atoms with Crippen LogP contribution >= 0.6 is 11.6 Å². The van der Waals surface area contributed by atoms with E-state index in [1.165, 1.54) is 0 Å². The SMILES string of the molecule is CC(=O)N1CCCN(c2nccc(CN)c2Cl)CC1. The number of aromatic nitrogens is 1. The summed E-state index contributed by atoms with van der Waals surface area (Å²) in [7, 11) is 0. The second-order valence-electron chi connectivity index (χ2n) is 4.66. The molecule has 2 rings (SSSR count). The first-order chi connectivity index (χ1) is 9.13. The highest BCUT2D eigenvalue weighted by Gasteiger charge is 2.20. The van der Waals surface area contributed by atoms with Crippen LogP contribution in [0.4, 0.5) is 5.82 Å². The van der Waals surface area contributed by atoms with Crippen molar-refractivity contribution in [1.82, 2.24) is 9.88 Å². The van der Waals surface area contributed by atoms with Gasteiger partial charge in [0, 0.05) is 45.8 Å². The van der Waals surface area contributed by atoms with Crippen molar-refractivity contribution in [3.63, 3.8) is 0 Å². The van der Waals surface area contributed by atoms with Gasteiger partial charge in [-0.25, -0.2) is 4.98 Å². The molecule has 1 aliphatic rings. The molecule has 2 N–H and O–H groups in total. The van der Waals surface area contributed by atoms with Crippen LogP contribution < -0.4 is 10.6 Å². The van der Waals surface area contributed by atoms with Crippen molar-refractivity contribution in [2.45, 2.75) is 19.9 Å². The highest BCUT2D eigenvalue weighted by Crippen LogP contribution is 2.27. The molecule has 1 fully saturated rings. The van der Waals surface area contributed by atoms with Gasteiger partial charge in [0.25, 0.3) is 0 Å². The van der Waals surface area contributed by atoms with E-state index in [0.717, 1.165) is 37.4 Å². The fourth-order valence-electron chi connectivity index (χ4n) is 2.29. The fraction of sp³-hybridized carbons (Fsp3) is 0.538. The number of hydrogen-bond donors (Lipinski definition) is 1. The fourth-order valence-corrected chi connectivity index (χ4v) is 2.60. The monoisotopic (exact) mass is 282 g/mol. The van der Waals surface area contributed by atoms with Crippen molar-refractivity contribution in [3.05, 3.63) is 22.8 Å². The van der Waals surface area contributed by atoms with Gasteiger partial charge in [-0.1, -0.05) is 11.6 Å². The molecule has 1 aromatic heterocycles. The lowest BCUT2D eigenvalue weighted by molar-refractivity contribution is -0.128. The van der Waals surface area contributed by atoms with Gasteiger partial charge in [0.05, 0.1) is 5.02 Å². The van der Waals surface area contributed by atoms with E-state index < -0.39 is 0 Å². The number of carbonyl (C=O) groups is 1. The van der Waals surface area contributed by atoms with Crippen LogP contribution in [-0.4, -0.2) is 42.0 Å². The zero-order valence-corrected chi connectivity index (χ0v) is 11.9. The lowest BCUT2D eigenvalue weighted by Gasteiger charge is -2.23. The molecule has 0 radical (unpaired) electrons. The van der Waals surface area contributed by atoms with E-state index in [-0.39, 0.29) is 5.91 Å². The second-order valence-corrected chi connectivity index (χ2v) is 5.04. The van der Waals surface area contributed by atoms with Crippen molar-refractivity contribution in [2.75, 3.05) is 31.1 Å². The van der Waals surface area contributed by atoms with Crippen LogP contribution in [0, 0.1) is 0 Å². The molecular weight excluding hydrogens is 264 g/mol. The summed E-state index contributed by atoms with van der Waals surface area (Å²) in [4.78, 5) is 19.8. The quantitative estimate of drug-likeness (QED) is 0.887. The Hall–Kier alpha value is -1.33. The van der Waals surface area contributed by atoms with E-state index in [1.807, 2.05) is 11.0 Å². The molecule has 104 valence electrons. The summed E-state index contributed by atoms with van der Waals surface area (Å²) in [6.07, 6.45) is 2.65. The van der Waals surface area contributed by atoms with Gasteiger partial charge < -0.3 is 15.5 Å². The zero-order chi connectivity index (χ0) is 13.8. The molecule has 2 heterocycles. The summed E-state index contributed by atoms with van der Waals surface area (Å²) in [6, 6.07) is 1.84. The molecule has 0 atom stereocenters. The van der Waals surface area contributed by atoms with Gasteiger partial charge in [0.15, 0.2) is 0 Å². The first-order valence-electron chi connectivity index (χ1n) is 6.47. The van der Waals surface area contributed by atoms with Crippen molar-refractivity contribution >= 4 is 23.3 Å². The number of hydrogen-bond acceptors (Lipinski definition) is 4. The van der Waals surface area contributed by atoms with Crippen molar-refractivity contribution in [1.29, 1.82) is 0 Å². The van der Waals surface area contributed by atoms with Crippen molar-refractivity contribution in [3.8, 4) is 0 Å². The van der Waals surface area contributed by atoms with Crippen molar-refractivity contribution in [2.24, 2.45) is 5.73 Å². The Morgan fingerprint density at radius 1 is 1.42 bits per heavy atom. The Kier molecular flexibility index (Phi) is 4.61. The number of amides is 1. The average Bonchev–Trinajstić information content (AvgIpc) is 2.65. The standard InChI is InChI=1S/C13H19ClN4O/c1-10(19)17-5-2-6-18(8-7-17)13-12(14)11(9-15)3-4-16-13/h3-4H,2,5-9,15H2,1H3. The van der Waals surface area contributed by atoms with E-state index in [4.69, 9.17) is 17.3 Å². The smallest absolute Gasteiger partial charge is 0.219 e. The number of nitrogens with two attached hydrogens (primary N) is 1. The summed E-state index contributed by atoms with van der Waals surface area (Å²) < 4.78 is 0. The summed E-state index contributed by atoms with van der Waals surface area (Å²) in [5.74, 6) is 0.895. The van der Waals surface area contributed by atoms with Crippen LogP contribution in [-0.2, 0) is 11.3 Å². The molecular formula is C13H19ClN4O. The van der Waals surface area contributed by atoms with Crippen LogP contribution in [0.1, 0.15) is 18.9 Å². The Labute approximate surface area is 118 Å². The number of pyridine rings is 1. The van der Waals surface area contributed by atoms with E-state index in [1.54, 1.807) is 13.1 Å². The van der Waals surface area contributed by atoms with Crippen LogP contribution in [0.15, 0.2) is 12.3 Å². The number of halogens is 1. The summed E-state index contributed by atoms with van der Waals surface area (Å²) >= 11 is 6.33. The van der Waals surface area contributed by atoms with Crippen molar-refractivity contribution < 1.29 is 4.79 Å². The predicted molar refractivity (Wildman–Crippen MR) is 76.2 cm³/mol. The van der Waals surface area contributed by atoms with Gasteiger partial charge >= 0.3 is 0 Å². The van der Waals surface area contributed by atoms with Gasteiger partial charge in [-0.3, -0.25) is 4.79 Å². The van der Waals surface area contributed by atoms with E-state index in [9.17, 15) is 4.79 Å². The van der Waals surface area contributed by atoms with Gasteiger partial charge in [-0.2, -0.15) is 0 Å². The Bertz CT molecular complexity index is 466. The number of nitrogens with zero attached hydrogens (tertiary/aromatic N) is 3. The third kappa shape index (κ3) is 3.16. The highest BCUT2D eigenvalue weighted by atomic mass is 35.5. The minimum absolute atomic E-state index is 0.122. The maximum atomic E-state index is 11.4. The molecule has 1 amide bonds. The minimum Gasteiger partial charge on any atom is -0.354 e. The van der Waals surface area contributed by atoms with Gasteiger partial charge in [0.2, 0.25) is 5.91 Å². The molecule has 1 aromatic rings. The lowest BCUT2D eigenvalue weighted by Crippen LogP contribution is -2.34. The molecule has 5 nitrogen and oxygen atoms in total. The van der Waals surface area contributed by atoms with Crippen LogP contribution in [0.2, 0.25) is 5.02 Å². The molecule has 0 spiro atoms. The van der Waals surface area contributed by atoms with E-state index in [0.29, 0.717) is 18.1 Å². The first kappa shape index (κ1) is 14.1. The summed E-state index contributed by atoms with van der Waals surface area (Å²) in [5, 5.41) is 0.626. The topological polar surface area (TPSA) is 62.5 Å². The molecule has 1 aliphatic heterocycles. The molecule has 1 saturated heterocycles. The molecule has 19 heavy (non-hydrogen) atoms. The molecule has 0 aliphatic carbocycles.